The molecule has 0 fully saturated rings. The van der Waals surface area contributed by atoms with Gasteiger partial charge in [0.2, 0.25) is 17.7 Å². The first kappa shape index (κ1) is 46.6. The Morgan fingerprint density at radius 3 is 1.83 bits per heavy atom. The number of alkyl carbamates (subject to hydrolysis) is 1. The van der Waals surface area contributed by atoms with Crippen LogP contribution in [-0.4, -0.2) is 78.5 Å². The fourth-order valence-corrected chi connectivity index (χ4v) is 6.41. The molecule has 322 valence electrons. The van der Waals surface area contributed by atoms with Crippen molar-refractivity contribution in [1.29, 1.82) is 0 Å². The van der Waals surface area contributed by atoms with E-state index in [-0.39, 0.29) is 31.9 Å². The monoisotopic (exact) mass is 825 g/mol. The van der Waals surface area contributed by atoms with Crippen LogP contribution in [0.15, 0.2) is 103 Å². The van der Waals surface area contributed by atoms with Crippen LogP contribution >= 0.6 is 0 Å². The van der Waals surface area contributed by atoms with Crippen molar-refractivity contribution in [1.82, 2.24) is 26.6 Å². The Morgan fingerprint density at radius 2 is 1.27 bits per heavy atom. The Morgan fingerprint density at radius 1 is 0.667 bits per heavy atom. The molecule has 0 saturated carbocycles. The normalized spacial score (nSPS) is 13.8. The summed E-state index contributed by atoms with van der Waals surface area (Å²) in [6.07, 6.45) is -2.26. The second kappa shape index (κ2) is 22.3. The molecular weight excluding hydrogens is 767 g/mol. The van der Waals surface area contributed by atoms with Gasteiger partial charge in [0.1, 0.15) is 42.0 Å². The van der Waals surface area contributed by atoms with Crippen molar-refractivity contribution in [2.24, 2.45) is 11.3 Å². The van der Waals surface area contributed by atoms with E-state index in [1.165, 1.54) is 13.2 Å². The van der Waals surface area contributed by atoms with Gasteiger partial charge < -0.3 is 45.7 Å². The van der Waals surface area contributed by atoms with Crippen LogP contribution in [0.2, 0.25) is 0 Å². The molecule has 7 N–H and O–H groups in total. The summed E-state index contributed by atoms with van der Waals surface area (Å²) in [7, 11) is 3.03. The van der Waals surface area contributed by atoms with E-state index in [0.29, 0.717) is 17.1 Å². The van der Waals surface area contributed by atoms with Crippen LogP contribution in [0, 0.1) is 11.3 Å². The summed E-state index contributed by atoms with van der Waals surface area (Å²) in [6, 6.07) is 25.6. The molecule has 4 aromatic carbocycles. The Hall–Kier alpha value is -6.12. The molecule has 5 atom stereocenters. The average Bonchev–Trinajstić information content (AvgIpc) is 3.23. The van der Waals surface area contributed by atoms with Gasteiger partial charge in [-0.15, -0.1) is 0 Å². The summed E-state index contributed by atoms with van der Waals surface area (Å²) in [4.78, 5) is 55.3. The number of benzene rings is 4. The summed E-state index contributed by atoms with van der Waals surface area (Å²) >= 11 is 0. The molecule has 0 heterocycles. The second-order valence-electron chi connectivity index (χ2n) is 15.9. The van der Waals surface area contributed by atoms with E-state index in [0.717, 1.165) is 16.7 Å². The van der Waals surface area contributed by atoms with Gasteiger partial charge in [-0.2, -0.15) is 0 Å². The molecule has 0 radical (unpaired) electrons. The Balaban J connectivity index is 1.61. The van der Waals surface area contributed by atoms with Gasteiger partial charge in [0.15, 0.2) is 0 Å². The number of phenolic OH excluding ortho intramolecular Hbond substituents is 1. The number of hydrogen-bond donors (Lipinski definition) is 7. The molecule has 4 rings (SSSR count). The molecule has 14 heteroatoms. The van der Waals surface area contributed by atoms with E-state index in [2.05, 4.69) is 26.6 Å². The third-order valence-electron chi connectivity index (χ3n) is 9.94. The van der Waals surface area contributed by atoms with Crippen molar-refractivity contribution in [2.45, 2.75) is 91.0 Å². The van der Waals surface area contributed by atoms with Gasteiger partial charge in [-0.05, 0) is 58.7 Å². The lowest BCUT2D eigenvalue weighted by Gasteiger charge is -2.35. The predicted octanol–water partition coefficient (Wildman–Crippen LogP) is 4.75. The molecule has 0 aliphatic carbocycles. The largest absolute Gasteiger partial charge is 0.507 e. The highest BCUT2D eigenvalue weighted by molar-refractivity contribution is 5.91. The number of ether oxygens (including phenoxy) is 3. The highest BCUT2D eigenvalue weighted by Crippen LogP contribution is 2.24. The van der Waals surface area contributed by atoms with Crippen LogP contribution in [0.1, 0.15) is 56.9 Å². The molecular formula is C46H59N5O9. The van der Waals surface area contributed by atoms with E-state index in [9.17, 15) is 29.4 Å². The van der Waals surface area contributed by atoms with Crippen molar-refractivity contribution in [3.05, 3.63) is 125 Å². The zero-order valence-electron chi connectivity index (χ0n) is 35.4. The maximum absolute atomic E-state index is 14.4. The number of phenols is 1. The number of methoxy groups -OCH3 is 2. The van der Waals surface area contributed by atoms with Gasteiger partial charge in [0, 0.05) is 24.7 Å². The molecule has 60 heavy (non-hydrogen) atoms. The number of aliphatic hydroxyl groups is 1. The minimum atomic E-state index is -1.56. The molecule has 0 bridgehead atoms. The fraction of sp³-hybridized carbons (Fsp3) is 0.391. The number of amides is 4. The number of hydrogen-bond acceptors (Lipinski definition) is 10. The lowest BCUT2D eigenvalue weighted by atomic mass is 9.85. The van der Waals surface area contributed by atoms with Gasteiger partial charge in [-0.1, -0.05) is 107 Å². The first-order chi connectivity index (χ1) is 28.6. The van der Waals surface area contributed by atoms with E-state index >= 15 is 0 Å². The van der Waals surface area contributed by atoms with Crippen LogP contribution in [0.25, 0.3) is 0 Å². The van der Waals surface area contributed by atoms with Crippen LogP contribution in [0.5, 0.6) is 17.2 Å². The molecule has 0 saturated heterocycles. The van der Waals surface area contributed by atoms with E-state index in [4.69, 9.17) is 14.2 Å². The number of carbonyl (C=O) groups is 4. The minimum Gasteiger partial charge on any atom is -0.507 e. The molecule has 14 nitrogen and oxygen atoms in total. The van der Waals surface area contributed by atoms with E-state index in [1.54, 1.807) is 66.0 Å². The van der Waals surface area contributed by atoms with Crippen LogP contribution in [-0.2, 0) is 45.2 Å². The summed E-state index contributed by atoms with van der Waals surface area (Å²) in [5, 5.41) is 37.2. The van der Waals surface area contributed by atoms with Crippen molar-refractivity contribution >= 4 is 23.8 Å². The minimum absolute atomic E-state index is 0.00347. The number of nitrogens with one attached hydrogen (secondary N) is 5. The first-order valence-corrected chi connectivity index (χ1v) is 19.9. The zero-order chi connectivity index (χ0) is 43.8. The first-order valence-electron chi connectivity index (χ1n) is 19.9. The van der Waals surface area contributed by atoms with Crippen LogP contribution in [0.4, 0.5) is 4.79 Å². The highest BCUT2D eigenvalue weighted by atomic mass is 16.5. The fourth-order valence-electron chi connectivity index (χ4n) is 6.41. The summed E-state index contributed by atoms with van der Waals surface area (Å²) in [5.41, 5.74) is 1.95. The molecule has 1 unspecified atom stereocenters. The summed E-state index contributed by atoms with van der Waals surface area (Å²) in [6.45, 7) is 9.01. The van der Waals surface area contributed by atoms with Crippen molar-refractivity contribution in [2.75, 3.05) is 14.2 Å². The number of aromatic hydroxyl groups is 1. The topological polar surface area (TPSA) is 197 Å². The quantitative estimate of drug-likeness (QED) is 0.0654. The highest BCUT2D eigenvalue weighted by Gasteiger charge is 2.39. The Kier molecular flexibility index (Phi) is 17.3. The average molecular weight is 826 g/mol. The van der Waals surface area contributed by atoms with E-state index < -0.39 is 65.4 Å². The van der Waals surface area contributed by atoms with Crippen LogP contribution < -0.4 is 36.1 Å². The standard InChI is InChI=1S/C46H59N5O9/c1-29(2)38(42(54)48-27-33-20-23-35(59-7)25-37(33)52)50-43(55)39(47-26-31-18-21-34(58-6)22-19-31)40(53)36(24-30-14-10-8-11-15-30)49-44(56)41(46(3,4)5)51-45(57)60-28-32-16-12-9-13-17-32/h8-23,25,29,36,38-41,47,52-53H,24,26-28H2,1-7H3,(H,48,54)(H,49,56)(H,50,55)(H,51,57)/t36-,38+,39?,40-,41+/m0/s1. The van der Waals surface area contributed by atoms with Gasteiger partial charge in [0.25, 0.3) is 0 Å². The summed E-state index contributed by atoms with van der Waals surface area (Å²) < 4.78 is 15.9. The maximum atomic E-state index is 14.4. The predicted molar refractivity (Wildman–Crippen MR) is 228 cm³/mol. The third-order valence-corrected chi connectivity index (χ3v) is 9.94. The van der Waals surface area contributed by atoms with Crippen molar-refractivity contribution in [3.63, 3.8) is 0 Å². The Bertz CT molecular complexity index is 1990. The van der Waals surface area contributed by atoms with Gasteiger partial charge in [0.05, 0.1) is 26.4 Å². The molecule has 4 amide bonds. The molecule has 0 aromatic heterocycles. The third kappa shape index (κ3) is 14.0. The smallest absolute Gasteiger partial charge is 0.408 e. The zero-order valence-corrected chi connectivity index (χ0v) is 35.4. The maximum Gasteiger partial charge on any atom is 0.408 e. The second-order valence-corrected chi connectivity index (χ2v) is 15.9. The lowest BCUT2D eigenvalue weighted by molar-refractivity contribution is -0.134. The number of carbonyl (C=O) groups excluding carboxylic acids is 4. The Labute approximate surface area is 352 Å². The van der Waals surface area contributed by atoms with Crippen molar-refractivity contribution < 1.29 is 43.6 Å². The van der Waals surface area contributed by atoms with Crippen molar-refractivity contribution in [3.8, 4) is 17.2 Å². The number of aliphatic hydroxyl groups excluding tert-OH is 1. The molecule has 4 aromatic rings. The summed E-state index contributed by atoms with van der Waals surface area (Å²) in [5.74, 6) is -1.17. The van der Waals surface area contributed by atoms with Gasteiger partial charge in [-0.25, -0.2) is 4.79 Å². The van der Waals surface area contributed by atoms with E-state index in [1.807, 2.05) is 72.8 Å². The molecule has 0 aliphatic heterocycles. The van der Waals surface area contributed by atoms with Crippen LogP contribution in [0.3, 0.4) is 0 Å². The number of rotatable bonds is 20. The lowest BCUT2D eigenvalue weighted by Crippen LogP contribution is -2.63. The van der Waals surface area contributed by atoms with Gasteiger partial charge >= 0.3 is 6.09 Å². The SMILES string of the molecule is COc1ccc(CNC(C(=O)N[C@@H](C(=O)NCc2ccc(OC)cc2O)C(C)C)[C@@H](O)[C@H](Cc2ccccc2)NC(=O)[C@@H](NC(=O)OCc2ccccc2)C(C)(C)C)cc1. The molecule has 0 aliphatic rings. The van der Waals surface area contributed by atoms with Gasteiger partial charge in [-0.3, -0.25) is 19.7 Å². The molecule has 0 spiro atoms.